The van der Waals surface area contributed by atoms with E-state index in [4.69, 9.17) is 18.9 Å². The molecule has 0 aliphatic carbocycles. The van der Waals surface area contributed by atoms with Gasteiger partial charge in [0.25, 0.3) is 5.91 Å². The fourth-order valence-corrected chi connectivity index (χ4v) is 5.53. The van der Waals surface area contributed by atoms with Gasteiger partial charge in [0.1, 0.15) is 22.8 Å². The number of carbonyl (C=O) groups excluding carboxylic acids is 2. The van der Waals surface area contributed by atoms with Gasteiger partial charge in [-0.05, 0) is 61.6 Å². The molecule has 2 aliphatic rings. The summed E-state index contributed by atoms with van der Waals surface area (Å²) in [6, 6.07) is 5.65. The molecule has 2 aliphatic heterocycles. The van der Waals surface area contributed by atoms with Crippen molar-refractivity contribution >= 4 is 27.9 Å². The quantitative estimate of drug-likeness (QED) is 0.140. The molecule has 2 fully saturated rings. The van der Waals surface area contributed by atoms with Gasteiger partial charge >= 0.3 is 6.03 Å². The predicted octanol–water partition coefficient (Wildman–Crippen LogP) is 4.60. The molecule has 0 N–H and O–H groups in total. The van der Waals surface area contributed by atoms with Crippen LogP contribution in [0.5, 0.6) is 11.5 Å². The Morgan fingerprint density at radius 1 is 1.08 bits per heavy atom. The summed E-state index contributed by atoms with van der Waals surface area (Å²) >= 11 is 3.64. The summed E-state index contributed by atoms with van der Waals surface area (Å²) in [5.74, 6) is 2.01. The van der Waals surface area contributed by atoms with Crippen molar-refractivity contribution in [2.24, 2.45) is 0 Å². The van der Waals surface area contributed by atoms with E-state index in [1.165, 1.54) is 4.90 Å². The summed E-state index contributed by atoms with van der Waals surface area (Å²) in [5, 5.41) is 0. The Kier molecular flexibility index (Phi) is 11.3. The number of alkyl halides is 1. The largest absolute Gasteiger partial charge is 0.497 e. The fourth-order valence-electron chi connectivity index (χ4n) is 5.25. The second-order valence-electron chi connectivity index (χ2n) is 9.96. The number of nitrogens with zero attached hydrogens (tertiary/aromatic N) is 3. The first-order valence-corrected chi connectivity index (χ1v) is 14.3. The van der Waals surface area contributed by atoms with Crippen molar-refractivity contribution < 1.29 is 28.5 Å². The summed E-state index contributed by atoms with van der Waals surface area (Å²) in [6.07, 6.45) is 5.66. The van der Waals surface area contributed by atoms with Gasteiger partial charge in [-0.2, -0.15) is 0 Å². The number of halogens is 1. The number of urea groups is 1. The standard InChI is InChI=1S/C29H42BrN3O6/c1-7-11-33-28(35)32(20-23(21(2)30)17-24(37-4)8-14-36-3)27(34)29(33)9-12-31(13-10-29)19-22-15-25(38-5)18-26(16-22)39-6/h8,15-18,21H,7,9-14,19-20H2,1-6H3/b23-17-,24-8+. The van der Waals surface area contributed by atoms with Gasteiger partial charge in [0.2, 0.25) is 0 Å². The maximum atomic E-state index is 14.0. The van der Waals surface area contributed by atoms with Crippen molar-refractivity contribution in [2.75, 3.05) is 61.2 Å². The highest BCUT2D eigenvalue weighted by molar-refractivity contribution is 9.09. The number of methoxy groups -OCH3 is 4. The molecule has 39 heavy (non-hydrogen) atoms. The van der Waals surface area contributed by atoms with Gasteiger partial charge in [0, 0.05) is 44.2 Å². The lowest BCUT2D eigenvalue weighted by Crippen LogP contribution is -2.56. The average Bonchev–Trinajstić information content (AvgIpc) is 3.12. The number of ether oxygens (including phenoxy) is 4. The molecule has 3 rings (SSSR count). The highest BCUT2D eigenvalue weighted by Gasteiger charge is 2.57. The van der Waals surface area contributed by atoms with E-state index in [0.29, 0.717) is 51.4 Å². The first-order chi connectivity index (χ1) is 18.7. The average molecular weight is 609 g/mol. The van der Waals surface area contributed by atoms with E-state index in [2.05, 4.69) is 20.8 Å². The van der Waals surface area contributed by atoms with Gasteiger partial charge in [-0.15, -0.1) is 0 Å². The second-order valence-corrected chi connectivity index (χ2v) is 11.3. The summed E-state index contributed by atoms with van der Waals surface area (Å²) in [6.45, 7) is 7.29. The van der Waals surface area contributed by atoms with Crippen LogP contribution in [0.25, 0.3) is 0 Å². The molecule has 0 bridgehead atoms. The zero-order valence-corrected chi connectivity index (χ0v) is 25.6. The molecule has 1 aromatic rings. The molecule has 1 atom stereocenters. The Balaban J connectivity index is 1.80. The van der Waals surface area contributed by atoms with E-state index in [1.54, 1.807) is 28.4 Å². The molecule has 216 valence electrons. The van der Waals surface area contributed by atoms with Crippen molar-refractivity contribution in [1.82, 2.24) is 14.7 Å². The van der Waals surface area contributed by atoms with Crippen LogP contribution in [-0.4, -0.2) is 98.2 Å². The molecule has 3 amide bonds. The van der Waals surface area contributed by atoms with Crippen molar-refractivity contribution in [3.8, 4) is 11.5 Å². The lowest BCUT2D eigenvalue weighted by Gasteiger charge is -2.42. The van der Waals surface area contributed by atoms with Gasteiger partial charge < -0.3 is 23.8 Å². The summed E-state index contributed by atoms with van der Waals surface area (Å²) in [4.78, 5) is 33.2. The van der Waals surface area contributed by atoms with Crippen molar-refractivity contribution in [1.29, 1.82) is 0 Å². The smallest absolute Gasteiger partial charge is 0.327 e. The minimum Gasteiger partial charge on any atom is -0.497 e. The summed E-state index contributed by atoms with van der Waals surface area (Å²) < 4.78 is 21.4. The molecule has 2 heterocycles. The lowest BCUT2D eigenvalue weighted by atomic mass is 9.85. The molecule has 0 aromatic heterocycles. The number of amides is 3. The molecule has 10 heteroatoms. The zero-order valence-electron chi connectivity index (χ0n) is 24.0. The molecule has 1 unspecified atom stereocenters. The van der Waals surface area contributed by atoms with E-state index < -0.39 is 5.54 Å². The third-order valence-electron chi connectivity index (χ3n) is 7.44. The SMILES string of the molecule is CCCN1C(=O)N(C/C(=C/C(=C\COC)OC)C(C)Br)C(=O)C12CCN(Cc1cc(OC)cc(OC)c1)CC2. The normalized spacial score (nSPS) is 19.2. The number of imide groups is 1. The third-order valence-corrected chi connectivity index (χ3v) is 8.02. The Morgan fingerprint density at radius 3 is 2.23 bits per heavy atom. The molecule has 0 saturated carbocycles. The van der Waals surface area contributed by atoms with Crippen molar-refractivity contribution in [3.05, 3.63) is 47.2 Å². The first kappa shape index (κ1) is 31.0. The van der Waals surface area contributed by atoms with Crippen molar-refractivity contribution in [3.63, 3.8) is 0 Å². The van der Waals surface area contributed by atoms with Gasteiger partial charge in [0.05, 0.1) is 34.5 Å². The Hall–Kier alpha value is -2.56. The number of likely N-dealkylation sites (tertiary alicyclic amines) is 1. The zero-order chi connectivity index (χ0) is 28.6. The molecule has 0 radical (unpaired) electrons. The monoisotopic (exact) mass is 607 g/mol. The van der Waals surface area contributed by atoms with Crippen LogP contribution in [0.2, 0.25) is 0 Å². The van der Waals surface area contributed by atoms with Crippen LogP contribution in [-0.2, 0) is 20.8 Å². The highest BCUT2D eigenvalue weighted by atomic mass is 79.9. The minimum absolute atomic E-state index is 0.0583. The van der Waals surface area contributed by atoms with Crippen molar-refractivity contribution in [2.45, 2.75) is 50.0 Å². The van der Waals surface area contributed by atoms with Gasteiger partial charge in [-0.3, -0.25) is 14.6 Å². The lowest BCUT2D eigenvalue weighted by molar-refractivity contribution is -0.135. The van der Waals surface area contributed by atoms with Gasteiger partial charge in [-0.25, -0.2) is 4.79 Å². The topological polar surface area (TPSA) is 80.8 Å². The maximum Gasteiger partial charge on any atom is 0.327 e. The van der Waals surface area contributed by atoms with Gasteiger partial charge in [0.15, 0.2) is 0 Å². The molecule has 1 spiro atoms. The van der Waals surface area contributed by atoms with E-state index in [1.807, 2.05) is 49.1 Å². The van der Waals surface area contributed by atoms with Crippen LogP contribution in [0.3, 0.4) is 0 Å². The molecular formula is C29H42BrN3O6. The number of rotatable bonds is 13. The number of carbonyl (C=O) groups is 2. The van der Waals surface area contributed by atoms with E-state index in [-0.39, 0.29) is 23.3 Å². The third kappa shape index (κ3) is 7.15. The summed E-state index contributed by atoms with van der Waals surface area (Å²) in [7, 11) is 6.49. The summed E-state index contributed by atoms with van der Waals surface area (Å²) in [5.41, 5.74) is 1.14. The Bertz CT molecular complexity index is 1040. The molecule has 2 saturated heterocycles. The number of allylic oxidation sites excluding steroid dienone is 1. The van der Waals surface area contributed by atoms with Gasteiger partial charge in [-0.1, -0.05) is 22.9 Å². The predicted molar refractivity (Wildman–Crippen MR) is 154 cm³/mol. The van der Waals surface area contributed by atoms with Crippen LogP contribution in [0.4, 0.5) is 4.79 Å². The number of benzene rings is 1. The van der Waals surface area contributed by atoms with Crippen LogP contribution >= 0.6 is 15.9 Å². The van der Waals surface area contributed by atoms with Crippen LogP contribution in [0.1, 0.15) is 38.7 Å². The van der Waals surface area contributed by atoms with Crippen LogP contribution in [0, 0.1) is 0 Å². The van der Waals surface area contributed by atoms with E-state index in [9.17, 15) is 9.59 Å². The first-order valence-electron chi connectivity index (χ1n) is 13.4. The minimum atomic E-state index is -0.813. The maximum absolute atomic E-state index is 14.0. The highest BCUT2D eigenvalue weighted by Crippen LogP contribution is 2.39. The Labute approximate surface area is 240 Å². The number of piperidine rings is 1. The van der Waals surface area contributed by atoms with E-state index in [0.717, 1.165) is 29.1 Å². The van der Waals surface area contributed by atoms with Crippen LogP contribution in [0.15, 0.2) is 41.7 Å². The fraction of sp³-hybridized carbons (Fsp3) is 0.586. The number of hydrogen-bond donors (Lipinski definition) is 0. The van der Waals surface area contributed by atoms with E-state index >= 15 is 0 Å². The molecule has 1 aromatic carbocycles. The molecular weight excluding hydrogens is 566 g/mol. The number of hydrogen-bond acceptors (Lipinski definition) is 7. The second kappa shape index (κ2) is 14.2. The molecule has 9 nitrogen and oxygen atoms in total. The Morgan fingerprint density at radius 2 is 1.72 bits per heavy atom. The van der Waals surface area contributed by atoms with Crippen LogP contribution < -0.4 is 9.47 Å².